The highest BCUT2D eigenvalue weighted by Gasteiger charge is 2.64. The van der Waals surface area contributed by atoms with Gasteiger partial charge in [0.15, 0.2) is 0 Å². The monoisotopic (exact) mass is 738 g/mol. The van der Waals surface area contributed by atoms with Crippen LogP contribution in [0.25, 0.3) is 5.57 Å². The van der Waals surface area contributed by atoms with Crippen LogP contribution in [0.5, 0.6) is 0 Å². The van der Waals surface area contributed by atoms with Crippen molar-refractivity contribution in [1.29, 1.82) is 0 Å². The SMILES string of the molecule is C=C(C)c1cc(I)c(COC(C(F)(F)F)C(F)(F)S(=O)(=O)O)c(I)c1I. The molecular weight excluding hydrogens is 728 g/mol. The van der Waals surface area contributed by atoms with Gasteiger partial charge in [-0.25, -0.2) is 0 Å². The summed E-state index contributed by atoms with van der Waals surface area (Å²) in [5.41, 5.74) is 1.61. The Labute approximate surface area is 187 Å². The second kappa shape index (κ2) is 8.58. The number of halogens is 8. The fourth-order valence-electron chi connectivity index (χ4n) is 1.76. The fraction of sp³-hybridized carbons (Fsp3) is 0.385. The smallest absolute Gasteiger partial charge is 0.357 e. The highest BCUT2D eigenvalue weighted by molar-refractivity contribution is 14.1. The minimum Gasteiger partial charge on any atom is -0.357 e. The van der Waals surface area contributed by atoms with E-state index in [1.165, 1.54) is 0 Å². The van der Waals surface area contributed by atoms with Gasteiger partial charge in [-0.15, -0.1) is 0 Å². The van der Waals surface area contributed by atoms with Gasteiger partial charge in [-0.3, -0.25) is 4.55 Å². The molecule has 1 rings (SSSR count). The van der Waals surface area contributed by atoms with Gasteiger partial charge in [0.05, 0.1) is 6.61 Å². The van der Waals surface area contributed by atoms with Gasteiger partial charge < -0.3 is 4.74 Å². The van der Waals surface area contributed by atoms with Crippen LogP contribution in [0.15, 0.2) is 12.6 Å². The molecule has 0 saturated carbocycles. The van der Waals surface area contributed by atoms with Crippen molar-refractivity contribution in [2.45, 2.75) is 31.1 Å². The Morgan fingerprint density at radius 3 is 2.12 bits per heavy atom. The second-order valence-corrected chi connectivity index (χ2v) is 9.88. The fourth-order valence-corrected chi connectivity index (χ4v) is 5.16. The predicted molar refractivity (Wildman–Crippen MR) is 110 cm³/mol. The van der Waals surface area contributed by atoms with Gasteiger partial charge in [0, 0.05) is 16.3 Å². The Hall–Kier alpha value is 0.670. The average Bonchev–Trinajstić information content (AvgIpc) is 2.43. The molecule has 0 aliphatic carbocycles. The Bertz CT molecular complexity index is 824. The first kappa shape index (κ1) is 24.7. The highest BCUT2D eigenvalue weighted by Crippen LogP contribution is 2.39. The zero-order valence-electron chi connectivity index (χ0n) is 12.7. The molecule has 0 aliphatic heterocycles. The molecular formula is C13H10F5I3O4S. The summed E-state index contributed by atoms with van der Waals surface area (Å²) >= 11 is 5.56. The molecule has 4 nitrogen and oxygen atoms in total. The van der Waals surface area contributed by atoms with Crippen molar-refractivity contribution in [3.8, 4) is 0 Å². The molecule has 1 unspecified atom stereocenters. The molecule has 0 fully saturated rings. The molecule has 0 aromatic heterocycles. The van der Waals surface area contributed by atoms with Gasteiger partial charge in [0.2, 0.25) is 6.10 Å². The van der Waals surface area contributed by atoms with Crippen LogP contribution in [0.3, 0.4) is 0 Å². The molecule has 0 saturated heterocycles. The quantitative estimate of drug-likeness (QED) is 0.183. The molecule has 0 spiro atoms. The van der Waals surface area contributed by atoms with Crippen molar-refractivity contribution in [2.75, 3.05) is 0 Å². The molecule has 0 bridgehead atoms. The van der Waals surface area contributed by atoms with Crippen molar-refractivity contribution in [1.82, 2.24) is 0 Å². The minimum absolute atomic E-state index is 0.181. The van der Waals surface area contributed by atoms with Crippen molar-refractivity contribution in [3.05, 3.63) is 34.5 Å². The summed E-state index contributed by atoms with van der Waals surface area (Å²) in [6, 6.07) is 1.61. The number of ether oxygens (including phenoxy) is 1. The molecule has 1 N–H and O–H groups in total. The topological polar surface area (TPSA) is 63.6 Å². The highest BCUT2D eigenvalue weighted by atomic mass is 127. The van der Waals surface area contributed by atoms with E-state index in [1.807, 2.05) is 45.2 Å². The van der Waals surface area contributed by atoms with Crippen LogP contribution >= 0.6 is 67.8 Å². The van der Waals surface area contributed by atoms with Crippen LogP contribution in [0, 0.1) is 10.7 Å². The van der Waals surface area contributed by atoms with Crippen molar-refractivity contribution < 1.29 is 39.7 Å². The van der Waals surface area contributed by atoms with E-state index in [9.17, 15) is 30.4 Å². The molecule has 0 aliphatic rings. The van der Waals surface area contributed by atoms with Gasteiger partial charge in [0.25, 0.3) is 0 Å². The molecule has 0 amide bonds. The van der Waals surface area contributed by atoms with E-state index in [2.05, 4.69) is 11.3 Å². The number of alkyl halides is 5. The standard InChI is InChI=1S/C13H10F5I3O4S/c1-5(2)6-3-8(19)7(10(21)9(6)20)4-25-11(12(14,15)16)13(17,18)26(22,23)24/h3,11H,1,4H2,2H3,(H,22,23,24). The van der Waals surface area contributed by atoms with E-state index < -0.39 is 34.3 Å². The maximum absolute atomic E-state index is 13.5. The van der Waals surface area contributed by atoms with E-state index in [1.54, 1.807) is 35.6 Å². The molecule has 13 heteroatoms. The first-order chi connectivity index (χ1) is 11.5. The molecule has 1 aromatic carbocycles. The minimum atomic E-state index is -6.33. The first-order valence-corrected chi connectivity index (χ1v) is 11.0. The molecule has 0 heterocycles. The lowest BCUT2D eigenvalue weighted by Crippen LogP contribution is -2.51. The lowest BCUT2D eigenvalue weighted by atomic mass is 10.1. The lowest BCUT2D eigenvalue weighted by molar-refractivity contribution is -0.268. The maximum Gasteiger partial charge on any atom is 0.421 e. The molecule has 1 atom stereocenters. The Morgan fingerprint density at radius 1 is 1.23 bits per heavy atom. The summed E-state index contributed by atoms with van der Waals surface area (Å²) in [5, 5.41) is -5.55. The predicted octanol–water partition coefficient (Wildman–Crippen LogP) is 5.46. The van der Waals surface area contributed by atoms with E-state index in [4.69, 9.17) is 4.55 Å². The van der Waals surface area contributed by atoms with Crippen molar-refractivity contribution in [3.63, 3.8) is 0 Å². The number of allylic oxidation sites excluding steroid dienone is 1. The Kier molecular flexibility index (Phi) is 8.15. The summed E-state index contributed by atoms with van der Waals surface area (Å²) in [6.07, 6.45) is -9.74. The third-order valence-corrected chi connectivity index (χ3v) is 8.26. The van der Waals surface area contributed by atoms with Crippen LogP contribution < -0.4 is 0 Å². The zero-order chi connectivity index (χ0) is 20.7. The summed E-state index contributed by atoms with van der Waals surface area (Å²) in [4.78, 5) is 0. The van der Waals surface area contributed by atoms with Crippen LogP contribution in [-0.2, 0) is 21.5 Å². The lowest BCUT2D eigenvalue weighted by Gasteiger charge is -2.27. The van der Waals surface area contributed by atoms with Crippen LogP contribution in [0.1, 0.15) is 18.1 Å². The summed E-state index contributed by atoms with van der Waals surface area (Å²) < 4.78 is 101. The maximum atomic E-state index is 13.5. The van der Waals surface area contributed by atoms with Gasteiger partial charge in [-0.1, -0.05) is 6.58 Å². The van der Waals surface area contributed by atoms with Crippen molar-refractivity contribution in [2.24, 2.45) is 0 Å². The average molecular weight is 738 g/mol. The van der Waals surface area contributed by atoms with E-state index in [0.29, 0.717) is 16.3 Å². The molecule has 1 aromatic rings. The summed E-state index contributed by atoms with van der Waals surface area (Å²) in [6.45, 7) is 4.57. The molecule has 148 valence electrons. The number of hydrogen-bond acceptors (Lipinski definition) is 3. The number of rotatable bonds is 6. The van der Waals surface area contributed by atoms with Gasteiger partial charge in [-0.05, 0) is 91.9 Å². The second-order valence-electron chi connectivity index (χ2n) is 5.06. The van der Waals surface area contributed by atoms with Crippen LogP contribution in [-0.4, -0.2) is 30.5 Å². The van der Waals surface area contributed by atoms with Crippen molar-refractivity contribution >= 4 is 83.5 Å². The Morgan fingerprint density at radius 2 is 1.73 bits per heavy atom. The van der Waals surface area contributed by atoms with Crippen LogP contribution in [0.4, 0.5) is 22.0 Å². The first-order valence-electron chi connectivity index (χ1n) is 6.37. The third-order valence-electron chi connectivity index (χ3n) is 3.05. The largest absolute Gasteiger partial charge is 0.421 e. The van der Waals surface area contributed by atoms with Gasteiger partial charge in [-0.2, -0.15) is 30.4 Å². The van der Waals surface area contributed by atoms with Crippen LogP contribution in [0.2, 0.25) is 0 Å². The number of hydrogen-bond donors (Lipinski definition) is 1. The zero-order valence-corrected chi connectivity index (χ0v) is 20.0. The van der Waals surface area contributed by atoms with E-state index in [0.717, 1.165) is 5.56 Å². The number of benzene rings is 1. The third kappa shape index (κ3) is 5.38. The summed E-state index contributed by atoms with van der Waals surface area (Å²) in [5.74, 6) is 0. The van der Waals surface area contributed by atoms with Gasteiger partial charge in [0.1, 0.15) is 0 Å². The van der Waals surface area contributed by atoms with E-state index in [-0.39, 0.29) is 5.56 Å². The van der Waals surface area contributed by atoms with Gasteiger partial charge >= 0.3 is 21.5 Å². The normalized spacial score (nSPS) is 14.4. The Balaban J connectivity index is 3.31. The molecule has 26 heavy (non-hydrogen) atoms. The summed E-state index contributed by atoms with van der Waals surface area (Å²) in [7, 11) is -6.33. The van der Waals surface area contributed by atoms with E-state index >= 15 is 0 Å². The molecule has 0 radical (unpaired) electrons.